The first-order chi connectivity index (χ1) is 23.6. The summed E-state index contributed by atoms with van der Waals surface area (Å²) in [4.78, 5) is 42.4. The number of nitrogens with one attached hydrogen (secondary N) is 1. The molecule has 1 saturated carbocycles. The van der Waals surface area contributed by atoms with Gasteiger partial charge in [0.05, 0.1) is 30.8 Å². The van der Waals surface area contributed by atoms with Crippen LogP contribution < -0.4 is 20.7 Å². The maximum absolute atomic E-state index is 14.4. The molecular formula is C39H54N6O4. The number of allylic oxidation sites excluding steroid dienone is 3. The zero-order valence-corrected chi connectivity index (χ0v) is 29.6. The Morgan fingerprint density at radius 3 is 2.69 bits per heavy atom. The Balaban J connectivity index is 1.28. The minimum absolute atomic E-state index is 0.0824. The SMILES string of the molecule is C=C(C)C1CC[C@@]2(CCCC(C(=O)c3nc(OC[C@@H](C)CCCNC)cc(N4CCN(Cc5ccccc5)C5(COC5)C4)n3)=C2N)C(=O)C1. The molecule has 264 valence electrons. The van der Waals surface area contributed by atoms with Gasteiger partial charge in [-0.25, -0.2) is 4.98 Å². The molecule has 1 aromatic heterocycles. The Morgan fingerprint density at radius 1 is 1.20 bits per heavy atom. The van der Waals surface area contributed by atoms with Crippen LogP contribution in [0.25, 0.3) is 0 Å². The lowest BCUT2D eigenvalue weighted by molar-refractivity contribution is -0.146. The highest BCUT2D eigenvalue weighted by Crippen LogP contribution is 2.49. The summed E-state index contributed by atoms with van der Waals surface area (Å²) in [6, 6.07) is 12.4. The average Bonchev–Trinajstić information content (AvgIpc) is 3.09. The molecule has 6 rings (SSSR count). The molecule has 2 aromatic rings. The van der Waals surface area contributed by atoms with Crippen molar-refractivity contribution in [3.05, 3.63) is 71.2 Å². The fourth-order valence-corrected chi connectivity index (χ4v) is 8.11. The molecular weight excluding hydrogens is 616 g/mol. The molecule has 0 amide bonds. The standard InChI is InChI=1S/C39H54N6O4/c1-27(2)30-14-16-39(32(46)20-30)15-8-13-31(36(39)40)35(47)37-42-33(21-34(43-37)49-23-28(3)10-9-17-41-4)44-18-19-45(38(24-44)25-48-26-38)22-29-11-6-5-7-12-29/h5-7,11-12,21,28,30,41H,1,8-10,13-20,22-26,40H2,2-4H3/t28-,30?,39-/m0/s1. The molecule has 10 nitrogen and oxygen atoms in total. The summed E-state index contributed by atoms with van der Waals surface area (Å²) in [6.07, 6.45) is 5.90. The third-order valence-electron chi connectivity index (χ3n) is 11.3. The number of ketones is 2. The fourth-order valence-electron chi connectivity index (χ4n) is 8.11. The highest BCUT2D eigenvalue weighted by molar-refractivity contribution is 6.08. The van der Waals surface area contributed by atoms with Crippen LogP contribution in [0, 0.1) is 17.3 Å². The third kappa shape index (κ3) is 7.47. The second kappa shape index (κ2) is 15.1. The van der Waals surface area contributed by atoms with E-state index in [9.17, 15) is 9.59 Å². The third-order valence-corrected chi connectivity index (χ3v) is 11.3. The van der Waals surface area contributed by atoms with Gasteiger partial charge < -0.3 is 25.4 Å². The number of nitrogens with two attached hydrogens (primary N) is 1. The second-order valence-corrected chi connectivity index (χ2v) is 15.0. The fraction of sp³-hybridized carbons (Fsp3) is 0.590. The van der Waals surface area contributed by atoms with Gasteiger partial charge in [-0.05, 0) is 82.9 Å². The van der Waals surface area contributed by atoms with Crippen LogP contribution in [0.2, 0.25) is 0 Å². The van der Waals surface area contributed by atoms with E-state index in [0.29, 0.717) is 74.4 Å². The van der Waals surface area contributed by atoms with Gasteiger partial charge in [-0.3, -0.25) is 14.5 Å². The first-order valence-electron chi connectivity index (χ1n) is 18.1. The molecule has 2 aliphatic carbocycles. The molecule has 2 aliphatic heterocycles. The molecule has 3 N–H and O–H groups in total. The summed E-state index contributed by atoms with van der Waals surface area (Å²) in [5.41, 5.74) is 9.12. The molecule has 49 heavy (non-hydrogen) atoms. The van der Waals surface area contributed by atoms with E-state index >= 15 is 0 Å². The number of carbonyl (C=O) groups excluding carboxylic acids is 2. The van der Waals surface area contributed by atoms with Crippen LogP contribution in [0.1, 0.15) is 81.4 Å². The predicted octanol–water partition coefficient (Wildman–Crippen LogP) is 5.09. The summed E-state index contributed by atoms with van der Waals surface area (Å²) in [7, 11) is 1.96. The molecule has 0 radical (unpaired) electrons. The largest absolute Gasteiger partial charge is 0.477 e. The van der Waals surface area contributed by atoms with Gasteiger partial charge in [0.25, 0.3) is 0 Å². The van der Waals surface area contributed by atoms with E-state index < -0.39 is 5.41 Å². The van der Waals surface area contributed by atoms with E-state index in [-0.39, 0.29) is 28.8 Å². The van der Waals surface area contributed by atoms with Gasteiger partial charge in [-0.1, -0.05) is 49.4 Å². The van der Waals surface area contributed by atoms with Crippen LogP contribution in [-0.2, 0) is 16.1 Å². The normalized spacial score (nSPS) is 24.6. The number of benzene rings is 1. The van der Waals surface area contributed by atoms with Crippen LogP contribution in [0.4, 0.5) is 5.82 Å². The van der Waals surface area contributed by atoms with Crippen molar-refractivity contribution in [1.29, 1.82) is 0 Å². The minimum Gasteiger partial charge on any atom is -0.477 e. The van der Waals surface area contributed by atoms with Crippen molar-refractivity contribution in [2.45, 2.75) is 77.3 Å². The topological polar surface area (TPSA) is 123 Å². The van der Waals surface area contributed by atoms with Crippen molar-refractivity contribution in [1.82, 2.24) is 20.2 Å². The zero-order chi connectivity index (χ0) is 34.6. The van der Waals surface area contributed by atoms with Crippen LogP contribution in [0.3, 0.4) is 0 Å². The Kier molecular flexibility index (Phi) is 10.9. The van der Waals surface area contributed by atoms with Crippen molar-refractivity contribution in [2.24, 2.45) is 23.0 Å². The van der Waals surface area contributed by atoms with Gasteiger partial charge >= 0.3 is 0 Å². The number of Topliss-reactive ketones (excluding diaryl/α,β-unsaturated/α-hetero) is 2. The number of aromatic nitrogens is 2. The molecule has 3 fully saturated rings. The molecule has 2 spiro atoms. The minimum atomic E-state index is -0.791. The van der Waals surface area contributed by atoms with E-state index in [1.807, 2.05) is 26.1 Å². The molecule has 4 aliphatic rings. The quantitative estimate of drug-likeness (QED) is 0.169. The smallest absolute Gasteiger partial charge is 0.228 e. The second-order valence-electron chi connectivity index (χ2n) is 15.0. The first-order valence-corrected chi connectivity index (χ1v) is 18.1. The zero-order valence-electron chi connectivity index (χ0n) is 29.6. The van der Waals surface area contributed by atoms with E-state index in [0.717, 1.165) is 64.0 Å². The van der Waals surface area contributed by atoms with Crippen molar-refractivity contribution in [2.75, 3.05) is 57.9 Å². The first kappa shape index (κ1) is 35.2. The van der Waals surface area contributed by atoms with E-state index in [1.165, 1.54) is 5.56 Å². The number of anilines is 1. The predicted molar refractivity (Wildman–Crippen MR) is 191 cm³/mol. The van der Waals surface area contributed by atoms with Crippen LogP contribution in [0.5, 0.6) is 5.88 Å². The van der Waals surface area contributed by atoms with Crippen LogP contribution in [-0.4, -0.2) is 85.0 Å². The molecule has 0 bridgehead atoms. The number of piperazine rings is 1. The molecule has 3 atom stereocenters. The van der Waals surface area contributed by atoms with Crippen molar-refractivity contribution in [3.8, 4) is 5.88 Å². The van der Waals surface area contributed by atoms with Crippen LogP contribution in [0.15, 0.2) is 59.8 Å². The number of hydrogen-bond acceptors (Lipinski definition) is 10. The number of ether oxygens (including phenoxy) is 2. The van der Waals surface area contributed by atoms with Crippen molar-refractivity contribution in [3.63, 3.8) is 0 Å². The van der Waals surface area contributed by atoms with Crippen molar-refractivity contribution < 1.29 is 19.1 Å². The number of nitrogens with zero attached hydrogens (tertiary/aromatic N) is 4. The maximum atomic E-state index is 14.4. The summed E-state index contributed by atoms with van der Waals surface area (Å²) < 4.78 is 12.1. The monoisotopic (exact) mass is 670 g/mol. The molecule has 2 saturated heterocycles. The number of carbonyl (C=O) groups is 2. The maximum Gasteiger partial charge on any atom is 0.228 e. The average molecular weight is 671 g/mol. The van der Waals surface area contributed by atoms with Crippen LogP contribution >= 0.6 is 0 Å². The summed E-state index contributed by atoms with van der Waals surface area (Å²) >= 11 is 0. The van der Waals surface area contributed by atoms with E-state index in [1.54, 1.807) is 0 Å². The number of rotatable bonds is 13. The van der Waals surface area contributed by atoms with Gasteiger partial charge in [-0.15, -0.1) is 0 Å². The Hall–Kier alpha value is -3.60. The summed E-state index contributed by atoms with van der Waals surface area (Å²) in [6.45, 7) is 14.1. The van der Waals surface area contributed by atoms with Gasteiger partial charge in [0.15, 0.2) is 0 Å². The van der Waals surface area contributed by atoms with E-state index in [2.05, 4.69) is 52.9 Å². The Morgan fingerprint density at radius 2 is 2.00 bits per heavy atom. The van der Waals surface area contributed by atoms with Gasteiger partial charge in [0.2, 0.25) is 17.5 Å². The van der Waals surface area contributed by atoms with Gasteiger partial charge in [0.1, 0.15) is 11.6 Å². The molecule has 3 heterocycles. The molecule has 10 heteroatoms. The Labute approximate surface area is 291 Å². The lowest BCUT2D eigenvalue weighted by Crippen LogP contribution is -2.71. The highest BCUT2D eigenvalue weighted by Gasteiger charge is 2.49. The van der Waals surface area contributed by atoms with E-state index in [4.69, 9.17) is 25.2 Å². The molecule has 1 aromatic carbocycles. The summed E-state index contributed by atoms with van der Waals surface area (Å²) in [5.74, 6) is 1.46. The van der Waals surface area contributed by atoms with Gasteiger partial charge in [-0.2, -0.15) is 4.98 Å². The molecule has 1 unspecified atom stereocenters. The Bertz CT molecular complexity index is 1560. The number of hydrogen-bond donors (Lipinski definition) is 2. The lowest BCUT2D eigenvalue weighted by Gasteiger charge is -2.55. The summed E-state index contributed by atoms with van der Waals surface area (Å²) in [5, 5.41) is 3.20. The lowest BCUT2D eigenvalue weighted by atomic mass is 9.61. The van der Waals surface area contributed by atoms with Crippen molar-refractivity contribution >= 4 is 17.4 Å². The highest BCUT2D eigenvalue weighted by atomic mass is 16.5. The van der Waals surface area contributed by atoms with Gasteiger partial charge in [0, 0.05) is 49.9 Å².